The van der Waals surface area contributed by atoms with Crippen molar-refractivity contribution in [3.8, 4) is 0 Å². The van der Waals surface area contributed by atoms with Gasteiger partial charge < -0.3 is 10.1 Å². The molecule has 1 aliphatic rings. The zero-order valence-electron chi connectivity index (χ0n) is 11.4. The lowest BCUT2D eigenvalue weighted by Crippen LogP contribution is -2.41. The molecule has 0 bridgehead atoms. The van der Waals surface area contributed by atoms with Gasteiger partial charge >= 0.3 is 0 Å². The van der Waals surface area contributed by atoms with Crippen LogP contribution >= 0.6 is 0 Å². The van der Waals surface area contributed by atoms with Gasteiger partial charge in [0.1, 0.15) is 0 Å². The third-order valence-corrected chi connectivity index (χ3v) is 3.79. The number of ether oxygens (including phenoxy) is 1. The van der Waals surface area contributed by atoms with Crippen LogP contribution in [-0.2, 0) is 4.74 Å². The lowest BCUT2D eigenvalue weighted by molar-refractivity contribution is -0.384. The van der Waals surface area contributed by atoms with Gasteiger partial charge in [-0.1, -0.05) is 6.92 Å². The predicted octanol–water partition coefficient (Wildman–Crippen LogP) is 3.35. The van der Waals surface area contributed by atoms with Crippen molar-refractivity contribution in [3.05, 3.63) is 34.4 Å². The number of non-ortho nitro benzene ring substituents is 1. The lowest BCUT2D eigenvalue weighted by Gasteiger charge is -2.38. The number of nitro groups is 1. The highest BCUT2D eigenvalue weighted by molar-refractivity contribution is 5.49. The fourth-order valence-electron chi connectivity index (χ4n) is 2.41. The van der Waals surface area contributed by atoms with E-state index in [-0.39, 0.29) is 16.2 Å². The Morgan fingerprint density at radius 1 is 1.47 bits per heavy atom. The summed E-state index contributed by atoms with van der Waals surface area (Å²) in [5, 5.41) is 14.0. The van der Waals surface area contributed by atoms with E-state index < -0.39 is 0 Å². The molecule has 0 amide bonds. The number of nitrogens with one attached hydrogen (secondary N) is 1. The van der Waals surface area contributed by atoms with Crippen LogP contribution in [-0.4, -0.2) is 23.2 Å². The zero-order valence-corrected chi connectivity index (χ0v) is 11.4. The Kier molecular flexibility index (Phi) is 4.04. The van der Waals surface area contributed by atoms with Crippen molar-refractivity contribution in [3.63, 3.8) is 0 Å². The number of nitro benzene ring substituents is 1. The van der Waals surface area contributed by atoms with Crippen LogP contribution in [0.15, 0.2) is 24.3 Å². The Morgan fingerprint density at radius 2 is 2.16 bits per heavy atom. The maximum Gasteiger partial charge on any atom is 0.269 e. The Labute approximate surface area is 113 Å². The van der Waals surface area contributed by atoms with Gasteiger partial charge in [0.05, 0.1) is 10.5 Å². The molecule has 2 atom stereocenters. The highest BCUT2D eigenvalue weighted by atomic mass is 16.6. The molecule has 2 unspecified atom stereocenters. The highest BCUT2D eigenvalue weighted by Gasteiger charge is 2.31. The van der Waals surface area contributed by atoms with Crippen molar-refractivity contribution < 1.29 is 9.66 Å². The summed E-state index contributed by atoms with van der Waals surface area (Å²) < 4.78 is 5.80. The van der Waals surface area contributed by atoms with Gasteiger partial charge in [0, 0.05) is 30.5 Å². The smallest absolute Gasteiger partial charge is 0.269 e. The second-order valence-electron chi connectivity index (χ2n) is 5.29. The van der Waals surface area contributed by atoms with E-state index in [1.165, 1.54) is 12.1 Å². The topological polar surface area (TPSA) is 64.4 Å². The molecule has 1 aliphatic heterocycles. The van der Waals surface area contributed by atoms with Crippen molar-refractivity contribution in [2.45, 2.75) is 44.8 Å². The summed E-state index contributed by atoms with van der Waals surface area (Å²) in [6.07, 6.45) is 2.92. The van der Waals surface area contributed by atoms with Crippen molar-refractivity contribution in [2.75, 3.05) is 11.9 Å². The van der Waals surface area contributed by atoms with E-state index in [2.05, 4.69) is 19.2 Å². The summed E-state index contributed by atoms with van der Waals surface area (Å²) in [6.45, 7) is 5.03. The van der Waals surface area contributed by atoms with E-state index in [0.29, 0.717) is 6.04 Å². The molecule has 19 heavy (non-hydrogen) atoms. The molecule has 1 saturated heterocycles. The molecular weight excluding hydrogens is 244 g/mol. The minimum Gasteiger partial charge on any atom is -0.382 e. The molecule has 0 radical (unpaired) electrons. The number of rotatable bonds is 4. The minimum absolute atomic E-state index is 0.0588. The summed E-state index contributed by atoms with van der Waals surface area (Å²) in [7, 11) is 0. The Bertz CT molecular complexity index is 447. The quantitative estimate of drug-likeness (QED) is 0.669. The average molecular weight is 264 g/mol. The highest BCUT2D eigenvalue weighted by Crippen LogP contribution is 2.29. The van der Waals surface area contributed by atoms with Crippen molar-refractivity contribution in [1.29, 1.82) is 0 Å². The van der Waals surface area contributed by atoms with Gasteiger partial charge in [-0.2, -0.15) is 0 Å². The molecule has 5 nitrogen and oxygen atoms in total. The zero-order chi connectivity index (χ0) is 13.9. The van der Waals surface area contributed by atoms with Gasteiger partial charge in [-0.25, -0.2) is 0 Å². The third-order valence-electron chi connectivity index (χ3n) is 3.79. The molecule has 2 rings (SSSR count). The van der Waals surface area contributed by atoms with Gasteiger partial charge in [-0.3, -0.25) is 10.1 Å². The van der Waals surface area contributed by atoms with Crippen LogP contribution in [0.25, 0.3) is 0 Å². The summed E-state index contributed by atoms with van der Waals surface area (Å²) in [5.74, 6) is 0. The second-order valence-corrected chi connectivity index (χ2v) is 5.29. The second kappa shape index (κ2) is 5.57. The van der Waals surface area contributed by atoms with Gasteiger partial charge in [0.15, 0.2) is 0 Å². The summed E-state index contributed by atoms with van der Waals surface area (Å²) >= 11 is 0. The molecule has 0 aliphatic carbocycles. The van der Waals surface area contributed by atoms with Crippen molar-refractivity contribution in [1.82, 2.24) is 0 Å². The standard InChI is InChI=1S/C14H20N2O3/c1-3-14(2)10-12(8-9-19-14)15-11-4-6-13(7-5-11)16(17)18/h4-7,12,15H,3,8-10H2,1-2H3. The molecule has 0 saturated carbocycles. The summed E-state index contributed by atoms with van der Waals surface area (Å²) in [5.41, 5.74) is 0.989. The first-order valence-electron chi connectivity index (χ1n) is 6.67. The monoisotopic (exact) mass is 264 g/mol. The molecule has 1 aromatic rings. The number of benzene rings is 1. The maximum absolute atomic E-state index is 10.6. The fourth-order valence-corrected chi connectivity index (χ4v) is 2.41. The van der Waals surface area contributed by atoms with Crippen molar-refractivity contribution in [2.24, 2.45) is 0 Å². The number of anilines is 1. The van der Waals surface area contributed by atoms with Gasteiger partial charge in [0.2, 0.25) is 0 Å². The molecule has 0 spiro atoms. The van der Waals surface area contributed by atoms with Crippen LogP contribution in [0, 0.1) is 10.1 Å². The molecule has 0 aromatic heterocycles. The van der Waals surface area contributed by atoms with E-state index in [4.69, 9.17) is 4.74 Å². The first kappa shape index (κ1) is 13.8. The average Bonchev–Trinajstić information content (AvgIpc) is 2.39. The van der Waals surface area contributed by atoms with Crippen LogP contribution in [0.2, 0.25) is 0 Å². The van der Waals surface area contributed by atoms with Crippen LogP contribution in [0.4, 0.5) is 11.4 Å². The van der Waals surface area contributed by atoms with E-state index in [0.717, 1.165) is 31.6 Å². The maximum atomic E-state index is 10.6. The predicted molar refractivity (Wildman–Crippen MR) is 74.4 cm³/mol. The van der Waals surface area contributed by atoms with Gasteiger partial charge in [-0.05, 0) is 38.3 Å². The number of nitrogens with zero attached hydrogens (tertiary/aromatic N) is 1. The lowest BCUT2D eigenvalue weighted by atomic mass is 9.90. The Morgan fingerprint density at radius 3 is 2.74 bits per heavy atom. The molecule has 1 heterocycles. The fraction of sp³-hybridized carbons (Fsp3) is 0.571. The number of hydrogen-bond donors (Lipinski definition) is 1. The molecular formula is C14H20N2O3. The van der Waals surface area contributed by atoms with Crippen molar-refractivity contribution >= 4 is 11.4 Å². The Hall–Kier alpha value is -1.62. The van der Waals surface area contributed by atoms with E-state index >= 15 is 0 Å². The van der Waals surface area contributed by atoms with Crippen LogP contribution in [0.5, 0.6) is 0 Å². The number of hydrogen-bond acceptors (Lipinski definition) is 4. The first-order chi connectivity index (χ1) is 9.02. The van der Waals surface area contributed by atoms with Gasteiger partial charge in [-0.15, -0.1) is 0 Å². The van der Waals surface area contributed by atoms with E-state index in [9.17, 15) is 10.1 Å². The summed E-state index contributed by atoms with van der Waals surface area (Å²) in [4.78, 5) is 10.2. The normalized spacial score (nSPS) is 26.9. The SMILES string of the molecule is CCC1(C)CC(Nc2ccc([N+](=O)[O-])cc2)CCO1. The van der Waals surface area contributed by atoms with Crippen LogP contribution in [0.1, 0.15) is 33.1 Å². The third kappa shape index (κ3) is 3.44. The summed E-state index contributed by atoms with van der Waals surface area (Å²) in [6, 6.07) is 6.94. The Balaban J connectivity index is 1.99. The molecule has 1 fully saturated rings. The van der Waals surface area contributed by atoms with Crippen LogP contribution in [0.3, 0.4) is 0 Å². The molecule has 1 aromatic carbocycles. The molecule has 1 N–H and O–H groups in total. The minimum atomic E-state index is -0.383. The van der Waals surface area contributed by atoms with Crippen LogP contribution < -0.4 is 5.32 Å². The largest absolute Gasteiger partial charge is 0.382 e. The van der Waals surface area contributed by atoms with E-state index in [1.54, 1.807) is 12.1 Å². The first-order valence-corrected chi connectivity index (χ1v) is 6.67. The van der Waals surface area contributed by atoms with E-state index in [1.807, 2.05) is 0 Å². The molecule has 5 heteroatoms. The van der Waals surface area contributed by atoms with Gasteiger partial charge in [0.25, 0.3) is 5.69 Å². The molecule has 104 valence electrons.